The molecule has 4 aromatic rings. The van der Waals surface area contributed by atoms with Gasteiger partial charge in [0.1, 0.15) is 11.5 Å². The molecule has 0 saturated carbocycles. The molecule has 3 aromatic carbocycles. The molecule has 0 unspecified atom stereocenters. The zero-order valence-electron chi connectivity index (χ0n) is 22.1. The van der Waals surface area contributed by atoms with E-state index in [1.165, 1.54) is 10.9 Å². The number of benzene rings is 3. The molecule has 1 aromatic heterocycles. The molecular formula is C30H29ClN4O5. The predicted octanol–water partition coefficient (Wildman–Crippen LogP) is 5.65. The molecule has 1 aliphatic rings. The Bertz CT molecular complexity index is 1570. The van der Waals surface area contributed by atoms with Crippen molar-refractivity contribution < 1.29 is 19.0 Å². The van der Waals surface area contributed by atoms with Crippen LogP contribution in [-0.2, 0) is 4.74 Å². The number of amides is 1. The van der Waals surface area contributed by atoms with Crippen LogP contribution in [0.5, 0.6) is 17.2 Å². The average molecular weight is 561 g/mol. The minimum atomic E-state index is -0.443. The molecule has 1 saturated heterocycles. The molecule has 10 heteroatoms. The first-order valence-electron chi connectivity index (χ1n) is 12.9. The van der Waals surface area contributed by atoms with Crippen LogP contribution in [0.2, 0.25) is 5.02 Å². The Morgan fingerprint density at radius 3 is 2.65 bits per heavy atom. The average Bonchev–Trinajstić information content (AvgIpc) is 3.50. The van der Waals surface area contributed by atoms with Crippen LogP contribution >= 0.6 is 11.6 Å². The van der Waals surface area contributed by atoms with Crippen molar-refractivity contribution in [1.29, 1.82) is 0 Å². The van der Waals surface area contributed by atoms with E-state index in [0.29, 0.717) is 40.0 Å². The lowest BCUT2D eigenvalue weighted by Gasteiger charge is -2.16. The van der Waals surface area contributed by atoms with Crippen molar-refractivity contribution in [1.82, 2.24) is 15.1 Å². The van der Waals surface area contributed by atoms with Crippen LogP contribution in [0.1, 0.15) is 28.8 Å². The summed E-state index contributed by atoms with van der Waals surface area (Å²) in [6, 6.07) is 19.1. The minimum Gasteiger partial charge on any atom is -0.497 e. The van der Waals surface area contributed by atoms with Gasteiger partial charge in [-0.3, -0.25) is 9.59 Å². The fraction of sp³-hybridized carbons (Fsp3) is 0.233. The molecule has 5 rings (SSSR count). The maximum atomic E-state index is 13.7. The molecular weight excluding hydrogens is 532 g/mol. The van der Waals surface area contributed by atoms with Gasteiger partial charge in [0, 0.05) is 29.4 Å². The smallest absolute Gasteiger partial charge is 0.299 e. The molecule has 0 bridgehead atoms. The Morgan fingerprint density at radius 1 is 1.12 bits per heavy atom. The molecule has 0 aliphatic carbocycles. The number of hydrogen-bond acceptors (Lipinski definition) is 7. The van der Waals surface area contributed by atoms with Crippen LogP contribution in [0.4, 0.5) is 11.4 Å². The lowest BCUT2D eigenvalue weighted by atomic mass is 10.1. The largest absolute Gasteiger partial charge is 0.497 e. The molecule has 1 fully saturated rings. The van der Waals surface area contributed by atoms with Crippen LogP contribution in [-0.4, -0.2) is 42.1 Å². The van der Waals surface area contributed by atoms with Gasteiger partial charge in [-0.2, -0.15) is 9.78 Å². The highest BCUT2D eigenvalue weighted by Crippen LogP contribution is 2.31. The number of aromatic nitrogens is 2. The van der Waals surface area contributed by atoms with Gasteiger partial charge in [-0.1, -0.05) is 17.7 Å². The highest BCUT2D eigenvalue weighted by molar-refractivity contribution is 6.31. The maximum absolute atomic E-state index is 13.7. The third-order valence-electron chi connectivity index (χ3n) is 6.53. The fourth-order valence-corrected chi connectivity index (χ4v) is 4.46. The van der Waals surface area contributed by atoms with Gasteiger partial charge in [0.05, 0.1) is 25.1 Å². The van der Waals surface area contributed by atoms with Crippen molar-refractivity contribution in [2.45, 2.75) is 25.9 Å². The van der Waals surface area contributed by atoms with E-state index < -0.39 is 5.56 Å². The van der Waals surface area contributed by atoms with E-state index in [9.17, 15) is 9.59 Å². The Morgan fingerprint density at radius 2 is 1.93 bits per heavy atom. The third-order valence-corrected chi connectivity index (χ3v) is 6.95. The monoisotopic (exact) mass is 560 g/mol. The zero-order valence-corrected chi connectivity index (χ0v) is 22.9. The van der Waals surface area contributed by atoms with E-state index in [0.717, 1.165) is 25.0 Å². The molecule has 1 amide bonds. The summed E-state index contributed by atoms with van der Waals surface area (Å²) < 4.78 is 18.2. The first-order valence-corrected chi connectivity index (χ1v) is 13.3. The summed E-state index contributed by atoms with van der Waals surface area (Å²) in [6.07, 6.45) is 3.44. The number of carbonyl (C=O) groups excluding carboxylic acids is 1. The number of nitrogens with zero attached hydrogens (tertiary/aromatic N) is 2. The molecule has 0 radical (unpaired) electrons. The van der Waals surface area contributed by atoms with Crippen molar-refractivity contribution in [3.63, 3.8) is 0 Å². The van der Waals surface area contributed by atoms with Gasteiger partial charge in [0.25, 0.3) is 11.5 Å². The molecule has 1 aliphatic heterocycles. The van der Waals surface area contributed by atoms with Crippen LogP contribution in [0.3, 0.4) is 0 Å². The van der Waals surface area contributed by atoms with Crippen molar-refractivity contribution in [3.8, 4) is 22.9 Å². The summed E-state index contributed by atoms with van der Waals surface area (Å²) in [4.78, 5) is 26.6. The summed E-state index contributed by atoms with van der Waals surface area (Å²) in [5.74, 6) is 1.14. The van der Waals surface area contributed by atoms with Gasteiger partial charge >= 0.3 is 0 Å². The highest BCUT2D eigenvalue weighted by Gasteiger charge is 2.19. The second kappa shape index (κ2) is 12.2. The van der Waals surface area contributed by atoms with Crippen LogP contribution in [0, 0.1) is 6.92 Å². The SMILES string of the molecule is COc1ccc(-n2ncc(Oc3ccc(Cl)c(C)c3)c(Nc3cccc(C(=O)NC[C@H]4CCCO4)c3)c2=O)cc1. The molecule has 40 heavy (non-hydrogen) atoms. The molecule has 206 valence electrons. The van der Waals surface area contributed by atoms with Crippen molar-refractivity contribution >= 4 is 28.9 Å². The van der Waals surface area contributed by atoms with E-state index in [1.807, 2.05) is 6.92 Å². The second-order valence-electron chi connectivity index (χ2n) is 9.36. The standard InChI is InChI=1S/C30H29ClN4O5/c1-19-15-24(12-13-26(19)31)40-27-18-33-35(22-8-10-23(38-2)11-9-22)30(37)28(27)34-21-6-3-5-20(16-21)29(36)32-17-25-7-4-14-39-25/h3,5-6,8-13,15-16,18,25,34H,4,7,14,17H2,1-2H3,(H,32,36)/t25-/m1/s1. The maximum Gasteiger partial charge on any atom is 0.299 e. The van der Waals surface area contributed by atoms with E-state index in [1.54, 1.807) is 73.8 Å². The van der Waals surface area contributed by atoms with Gasteiger partial charge in [0.2, 0.25) is 0 Å². The van der Waals surface area contributed by atoms with E-state index in [2.05, 4.69) is 15.7 Å². The molecule has 2 N–H and O–H groups in total. The second-order valence-corrected chi connectivity index (χ2v) is 9.77. The highest BCUT2D eigenvalue weighted by atomic mass is 35.5. The lowest BCUT2D eigenvalue weighted by molar-refractivity contribution is 0.0858. The Hall–Kier alpha value is -4.34. The fourth-order valence-electron chi connectivity index (χ4n) is 4.34. The lowest BCUT2D eigenvalue weighted by Crippen LogP contribution is -2.31. The third kappa shape index (κ3) is 6.27. The number of anilines is 2. The first-order chi connectivity index (χ1) is 19.4. The number of carbonyl (C=O) groups is 1. The number of hydrogen-bond donors (Lipinski definition) is 2. The normalized spacial score (nSPS) is 14.5. The molecule has 1 atom stereocenters. The summed E-state index contributed by atoms with van der Waals surface area (Å²) in [6.45, 7) is 3.04. The topological polar surface area (TPSA) is 104 Å². The molecule has 2 heterocycles. The quantitative estimate of drug-likeness (QED) is 0.273. The van der Waals surface area contributed by atoms with Crippen molar-refractivity contribution in [2.24, 2.45) is 0 Å². The van der Waals surface area contributed by atoms with Gasteiger partial charge < -0.3 is 24.8 Å². The summed E-state index contributed by atoms with van der Waals surface area (Å²) in [7, 11) is 1.57. The predicted molar refractivity (Wildman–Crippen MR) is 154 cm³/mol. The van der Waals surface area contributed by atoms with Crippen molar-refractivity contribution in [2.75, 3.05) is 25.6 Å². The summed E-state index contributed by atoms with van der Waals surface area (Å²) in [5.41, 5.74) is 2.06. The number of nitrogens with one attached hydrogen (secondary N) is 2. The van der Waals surface area contributed by atoms with Crippen molar-refractivity contribution in [3.05, 3.63) is 99.4 Å². The van der Waals surface area contributed by atoms with Gasteiger partial charge in [-0.25, -0.2) is 0 Å². The number of methoxy groups -OCH3 is 1. The summed E-state index contributed by atoms with van der Waals surface area (Å²) in [5, 5.41) is 11.0. The number of ether oxygens (including phenoxy) is 3. The van der Waals surface area contributed by atoms with Gasteiger partial charge in [-0.05, 0) is 86.0 Å². The van der Waals surface area contributed by atoms with Gasteiger partial charge in [0.15, 0.2) is 11.4 Å². The Balaban J connectivity index is 1.47. The van der Waals surface area contributed by atoms with E-state index in [4.69, 9.17) is 25.8 Å². The van der Waals surface area contributed by atoms with Crippen LogP contribution in [0.25, 0.3) is 5.69 Å². The number of halogens is 1. The Labute approximate surface area is 236 Å². The first kappa shape index (κ1) is 27.2. The van der Waals surface area contributed by atoms with E-state index >= 15 is 0 Å². The number of aryl methyl sites for hydroxylation is 1. The zero-order chi connectivity index (χ0) is 28.1. The summed E-state index contributed by atoms with van der Waals surface area (Å²) >= 11 is 6.18. The van der Waals surface area contributed by atoms with Crippen LogP contribution in [0.15, 0.2) is 77.7 Å². The molecule has 9 nitrogen and oxygen atoms in total. The van der Waals surface area contributed by atoms with Gasteiger partial charge in [-0.15, -0.1) is 0 Å². The van der Waals surface area contributed by atoms with Crippen LogP contribution < -0.4 is 25.7 Å². The minimum absolute atomic E-state index is 0.0368. The van der Waals surface area contributed by atoms with E-state index in [-0.39, 0.29) is 23.4 Å². The number of rotatable bonds is 9. The Kier molecular flexibility index (Phi) is 8.33. The molecule has 0 spiro atoms.